The molecule has 0 saturated carbocycles. The number of amides is 7. The zero-order valence-corrected chi connectivity index (χ0v) is 44.4. The second kappa shape index (κ2) is 44.6. The fourth-order valence-corrected chi connectivity index (χ4v) is 6.50. The lowest BCUT2D eigenvalue weighted by atomic mass is 10.0. The molecule has 0 radical (unpaired) electrons. The van der Waals surface area contributed by atoms with E-state index < -0.39 is 154 Å². The first kappa shape index (κ1) is 73.0. The Kier molecular flexibility index (Phi) is 40.7. The van der Waals surface area contributed by atoms with Crippen LogP contribution < -0.4 is 26.6 Å². The molecule has 462 valence electrons. The molecule has 0 fully saturated rings. The standard InChI is InChI=1S/C47H82N6O27/c54-28-34(58)44(69)42(67)32(56)25-49-36(60)3-1-30(47(72)50-26-33(57)43(68)45(70)35(59)29-55)51-37(61)7-9-73-11-13-75-15-17-77-19-21-79-23-24-80-22-20-78-18-16-76-14-12-74-10-8-48-46(71)31(2-6-41(65)66)52-38(62)27-53-39(63)4-5-40(53)64/h4-5,30-35,42-45,54-59,67-70H,1-3,6-29H2,(H,48,71)(H,49,60)(H,50,72)(H,51,61)(H,52,62)(H,65,66)/t30-,31-,32-,33-,34+,35+,42+,43+,44+,45+/m0/s1. The molecule has 16 N–H and O–H groups in total. The number of aliphatic hydroxyl groups is 10. The number of hydrogen-bond acceptors (Lipinski definition) is 26. The van der Waals surface area contributed by atoms with Crippen LogP contribution in [0.25, 0.3) is 0 Å². The first-order valence-corrected chi connectivity index (χ1v) is 25.7. The van der Waals surface area contributed by atoms with Gasteiger partial charge in [0.2, 0.25) is 29.5 Å². The summed E-state index contributed by atoms with van der Waals surface area (Å²) in [5, 5.41) is 118. The van der Waals surface area contributed by atoms with E-state index >= 15 is 0 Å². The van der Waals surface area contributed by atoms with E-state index in [1.165, 1.54) is 0 Å². The van der Waals surface area contributed by atoms with Gasteiger partial charge in [-0.05, 0) is 12.8 Å². The molecule has 1 heterocycles. The molecule has 1 rings (SSSR count). The van der Waals surface area contributed by atoms with Gasteiger partial charge < -0.3 is 121 Å². The quantitative estimate of drug-likeness (QED) is 0.0199. The molecule has 33 heteroatoms. The summed E-state index contributed by atoms with van der Waals surface area (Å²) in [6, 6.07) is -2.62. The Balaban J connectivity index is 2.14. The first-order valence-electron chi connectivity index (χ1n) is 25.7. The van der Waals surface area contributed by atoms with Gasteiger partial charge in [0.25, 0.3) is 11.8 Å². The number of nitrogens with one attached hydrogen (secondary N) is 5. The van der Waals surface area contributed by atoms with Crippen molar-refractivity contribution < 1.29 is 132 Å². The van der Waals surface area contributed by atoms with E-state index in [-0.39, 0.29) is 78.7 Å². The first-order chi connectivity index (χ1) is 38.2. The number of aliphatic carboxylic acids is 1. The average Bonchev–Trinajstić information content (AvgIpc) is 3.75. The van der Waals surface area contributed by atoms with Crippen LogP contribution in [0.4, 0.5) is 0 Å². The molecular weight excluding hydrogens is 1080 g/mol. The van der Waals surface area contributed by atoms with Gasteiger partial charge in [0.15, 0.2) is 0 Å². The highest BCUT2D eigenvalue weighted by Crippen LogP contribution is 2.08. The smallest absolute Gasteiger partial charge is 0.303 e. The van der Waals surface area contributed by atoms with Crippen LogP contribution in [0.2, 0.25) is 0 Å². The van der Waals surface area contributed by atoms with Crippen LogP contribution in [-0.4, -0.2) is 314 Å². The fourth-order valence-electron chi connectivity index (χ4n) is 6.50. The van der Waals surface area contributed by atoms with Crippen molar-refractivity contribution in [2.75, 3.05) is 145 Å². The van der Waals surface area contributed by atoms with E-state index in [2.05, 4.69) is 26.6 Å². The number of carboxylic acids is 1. The number of carbonyl (C=O) groups excluding carboxylic acids is 7. The monoisotopic (exact) mass is 1160 g/mol. The Morgan fingerprint density at radius 1 is 0.425 bits per heavy atom. The number of carboxylic acid groups (broad SMARTS) is 1. The van der Waals surface area contributed by atoms with Crippen molar-refractivity contribution in [3.05, 3.63) is 12.2 Å². The number of aliphatic hydroxyl groups excluding tert-OH is 10. The Morgan fingerprint density at radius 2 is 0.775 bits per heavy atom. The summed E-state index contributed by atoms with van der Waals surface area (Å²) >= 11 is 0. The lowest BCUT2D eigenvalue weighted by molar-refractivity contribution is -0.141. The molecule has 0 unspecified atom stereocenters. The summed E-state index contributed by atoms with van der Waals surface area (Å²) < 4.78 is 43.5. The van der Waals surface area contributed by atoms with Gasteiger partial charge in [-0.3, -0.25) is 43.3 Å². The summed E-state index contributed by atoms with van der Waals surface area (Å²) in [7, 11) is 0. The lowest BCUT2D eigenvalue weighted by Crippen LogP contribution is -2.53. The van der Waals surface area contributed by atoms with Crippen molar-refractivity contribution >= 4 is 47.3 Å². The summed E-state index contributed by atoms with van der Waals surface area (Å²) in [6.45, 7) is 0.0273. The lowest BCUT2D eigenvalue weighted by Gasteiger charge is -2.26. The van der Waals surface area contributed by atoms with Crippen molar-refractivity contribution in [3.63, 3.8) is 0 Å². The molecule has 33 nitrogen and oxygen atoms in total. The van der Waals surface area contributed by atoms with Gasteiger partial charge >= 0.3 is 5.97 Å². The van der Waals surface area contributed by atoms with Gasteiger partial charge in [0.1, 0.15) is 55.3 Å². The van der Waals surface area contributed by atoms with Crippen molar-refractivity contribution in [2.24, 2.45) is 0 Å². The number of nitrogens with zero attached hydrogens (tertiary/aromatic N) is 1. The summed E-state index contributed by atoms with van der Waals surface area (Å²) in [5.74, 6) is -6.38. The van der Waals surface area contributed by atoms with Gasteiger partial charge in [0.05, 0.1) is 131 Å². The van der Waals surface area contributed by atoms with Gasteiger partial charge in [-0.1, -0.05) is 0 Å². The molecule has 10 atom stereocenters. The molecule has 7 amide bonds. The van der Waals surface area contributed by atoms with Crippen LogP contribution in [0.3, 0.4) is 0 Å². The Labute approximate surface area is 460 Å². The molecule has 0 aromatic rings. The van der Waals surface area contributed by atoms with E-state index in [1.807, 2.05) is 0 Å². The van der Waals surface area contributed by atoms with Crippen molar-refractivity contribution in [2.45, 2.75) is 93.0 Å². The van der Waals surface area contributed by atoms with Gasteiger partial charge in [-0.15, -0.1) is 0 Å². The van der Waals surface area contributed by atoms with Crippen LogP contribution in [-0.2, 0) is 76.3 Å². The average molecular weight is 1160 g/mol. The molecule has 1 aliphatic heterocycles. The summed E-state index contributed by atoms with van der Waals surface area (Å²) in [4.78, 5) is 98.3. The second-order valence-electron chi connectivity index (χ2n) is 17.4. The third-order valence-corrected chi connectivity index (χ3v) is 11.1. The number of carbonyl (C=O) groups is 8. The molecular formula is C47H82N6O27. The van der Waals surface area contributed by atoms with Crippen LogP contribution in [0.1, 0.15) is 32.1 Å². The molecule has 0 spiro atoms. The molecule has 0 bridgehead atoms. The number of imide groups is 1. The van der Waals surface area contributed by atoms with Crippen LogP contribution in [0.5, 0.6) is 0 Å². The predicted molar refractivity (Wildman–Crippen MR) is 268 cm³/mol. The van der Waals surface area contributed by atoms with Crippen LogP contribution in [0.15, 0.2) is 12.2 Å². The number of rotatable bonds is 51. The third-order valence-electron chi connectivity index (χ3n) is 11.1. The predicted octanol–water partition coefficient (Wildman–Crippen LogP) is -9.73. The minimum Gasteiger partial charge on any atom is -0.481 e. The maximum Gasteiger partial charge on any atom is 0.303 e. The van der Waals surface area contributed by atoms with Crippen molar-refractivity contribution in [1.29, 1.82) is 0 Å². The fraction of sp³-hybridized carbons (Fsp3) is 0.787. The van der Waals surface area contributed by atoms with E-state index in [9.17, 15) is 79.2 Å². The molecule has 80 heavy (non-hydrogen) atoms. The molecule has 1 aliphatic rings. The van der Waals surface area contributed by atoms with Crippen LogP contribution in [0, 0.1) is 0 Å². The Morgan fingerprint density at radius 3 is 1.19 bits per heavy atom. The normalized spacial score (nSPS) is 16.2. The third kappa shape index (κ3) is 33.7. The zero-order valence-electron chi connectivity index (χ0n) is 44.4. The zero-order chi connectivity index (χ0) is 59.7. The van der Waals surface area contributed by atoms with Gasteiger partial charge in [0, 0.05) is 51.0 Å². The van der Waals surface area contributed by atoms with Crippen molar-refractivity contribution in [3.8, 4) is 0 Å². The van der Waals surface area contributed by atoms with E-state index in [0.717, 1.165) is 12.2 Å². The highest BCUT2D eigenvalue weighted by Gasteiger charge is 2.33. The highest BCUT2D eigenvalue weighted by molar-refractivity contribution is 6.14. The maximum absolute atomic E-state index is 13.0. The molecule has 0 aromatic heterocycles. The summed E-state index contributed by atoms with van der Waals surface area (Å²) in [5.41, 5.74) is 0. The van der Waals surface area contributed by atoms with E-state index in [1.54, 1.807) is 0 Å². The molecule has 0 saturated heterocycles. The molecule has 0 aromatic carbocycles. The van der Waals surface area contributed by atoms with Gasteiger partial charge in [-0.2, -0.15) is 0 Å². The molecule has 0 aliphatic carbocycles. The van der Waals surface area contributed by atoms with Gasteiger partial charge in [-0.25, -0.2) is 0 Å². The number of ether oxygens (including phenoxy) is 8. The Bertz CT molecular complexity index is 1810. The Hall–Kier alpha value is -5.02. The summed E-state index contributed by atoms with van der Waals surface area (Å²) in [6.07, 6.45) is -14.7. The van der Waals surface area contributed by atoms with Crippen molar-refractivity contribution in [1.82, 2.24) is 31.5 Å². The minimum atomic E-state index is -2.00. The SMILES string of the molecule is O=C(O)CC[C@H](NC(=O)CN1C(=O)C=CC1=O)C(=O)NCCOCCOCCOCCOCCOCCOCCOCCOCCC(=O)N[C@@H](CCC(=O)NC[C@H](O)[C@@H](O)[C@H](O)[C@H](O)CO)C(=O)NC[C@H](O)[C@@H](O)[C@H](O)[C@H](O)CO. The number of hydrogen-bond donors (Lipinski definition) is 16. The largest absolute Gasteiger partial charge is 0.481 e. The topological polar surface area (TPSA) is 496 Å². The maximum atomic E-state index is 13.0. The van der Waals surface area contributed by atoms with E-state index in [4.69, 9.17) is 53.2 Å². The van der Waals surface area contributed by atoms with E-state index in [0.29, 0.717) is 57.8 Å². The minimum absolute atomic E-state index is 0.0568. The second-order valence-corrected chi connectivity index (χ2v) is 17.4. The highest BCUT2D eigenvalue weighted by atomic mass is 16.6. The van der Waals surface area contributed by atoms with Crippen LogP contribution >= 0.6 is 0 Å².